The first-order chi connectivity index (χ1) is 9.66. The second-order valence-electron chi connectivity index (χ2n) is 4.90. The first kappa shape index (κ1) is 14.0. The number of nitrogens with zero attached hydrogens (tertiary/aromatic N) is 1. The summed E-state index contributed by atoms with van der Waals surface area (Å²) < 4.78 is 19.3. The van der Waals surface area contributed by atoms with Crippen LogP contribution in [0.3, 0.4) is 0 Å². The highest BCUT2D eigenvalue weighted by Gasteiger charge is 2.33. The maximum Gasteiger partial charge on any atom is 0.302 e. The summed E-state index contributed by atoms with van der Waals surface area (Å²) in [6.45, 7) is 4.45. The maximum absolute atomic E-state index is 11.8. The number of ketones is 1. The number of esters is 1. The second kappa shape index (κ2) is 8.64. The highest BCUT2D eigenvalue weighted by atomic mass is 16.5. The fourth-order valence-corrected chi connectivity index (χ4v) is 2.07. The second-order valence-corrected chi connectivity index (χ2v) is 4.90. The van der Waals surface area contributed by atoms with E-state index in [0.717, 1.165) is 0 Å². The Hall–Kier alpha value is -1.42. The van der Waals surface area contributed by atoms with Crippen LogP contribution in [0.4, 0.5) is 0 Å². The van der Waals surface area contributed by atoms with Crippen LogP contribution in [0, 0.1) is 5.92 Å². The molecular weight excluding hydrogens is 242 g/mol. The van der Waals surface area contributed by atoms with Gasteiger partial charge in [-0.15, -0.1) is 0 Å². The van der Waals surface area contributed by atoms with Crippen molar-refractivity contribution in [3.63, 3.8) is 0 Å². The molecule has 0 rings (SSSR count). The summed E-state index contributed by atoms with van der Waals surface area (Å²) in [7, 11) is 3.56. The number of hydrogen-bond donors (Lipinski definition) is 0. The van der Waals surface area contributed by atoms with Gasteiger partial charge in [0.1, 0.15) is 12.1 Å². The predicted molar refractivity (Wildman–Crippen MR) is 76.8 cm³/mol. The zero-order valence-corrected chi connectivity index (χ0v) is 12.3. The smallest absolute Gasteiger partial charge is 0.302 e. The van der Waals surface area contributed by atoms with Crippen LogP contribution in [0.5, 0.6) is 0 Å². The average molecular weight is 269 g/mol. The van der Waals surface area contributed by atoms with Gasteiger partial charge >= 0.3 is 5.97 Å². The van der Waals surface area contributed by atoms with Crippen LogP contribution in [0.25, 0.3) is 0 Å². The van der Waals surface area contributed by atoms with Gasteiger partial charge in [-0.25, -0.2) is 0 Å². The zero-order chi connectivity index (χ0) is 16.6. The quantitative estimate of drug-likeness (QED) is 0.500. The van der Waals surface area contributed by atoms with Crippen LogP contribution in [-0.2, 0) is 14.3 Å². The van der Waals surface area contributed by atoms with Gasteiger partial charge in [0.05, 0.1) is 2.74 Å². The summed E-state index contributed by atoms with van der Waals surface area (Å²) in [6.07, 6.45) is 4.84. The Morgan fingerprint density at radius 2 is 2.05 bits per heavy atom. The molecule has 0 saturated heterocycles. The summed E-state index contributed by atoms with van der Waals surface area (Å²) in [5.41, 5.74) is 0. The predicted octanol–water partition coefficient (Wildman–Crippen LogP) is 2.21. The molecule has 0 heterocycles. The van der Waals surface area contributed by atoms with E-state index in [1.165, 1.54) is 19.9 Å². The van der Waals surface area contributed by atoms with Crippen LogP contribution in [0.15, 0.2) is 24.8 Å². The number of Topliss-reactive ketones (excluding diaryl/α,β-unsaturated/α-hetero) is 1. The number of hydrogen-bond acceptors (Lipinski definition) is 4. The summed E-state index contributed by atoms with van der Waals surface area (Å²) in [4.78, 5) is 24.9. The van der Waals surface area contributed by atoms with Crippen molar-refractivity contribution < 1.29 is 17.1 Å². The summed E-state index contributed by atoms with van der Waals surface area (Å²) >= 11 is 0. The minimum absolute atomic E-state index is 0.0541. The molecule has 0 spiro atoms. The Morgan fingerprint density at radius 3 is 2.47 bits per heavy atom. The lowest BCUT2D eigenvalue weighted by molar-refractivity contribution is -0.154. The van der Waals surface area contributed by atoms with Gasteiger partial charge in [-0.3, -0.25) is 14.5 Å². The average Bonchev–Trinajstić information content (AvgIpc) is 2.31. The maximum atomic E-state index is 11.8. The summed E-state index contributed by atoms with van der Waals surface area (Å²) in [6, 6.07) is -0.490. The van der Waals surface area contributed by atoms with Gasteiger partial charge < -0.3 is 4.74 Å². The van der Waals surface area contributed by atoms with E-state index in [2.05, 4.69) is 0 Å². The van der Waals surface area contributed by atoms with Crippen molar-refractivity contribution in [3.05, 3.63) is 24.8 Å². The molecule has 0 radical (unpaired) electrons. The first-order valence-electron chi connectivity index (χ1n) is 7.31. The molecule has 0 aliphatic rings. The summed E-state index contributed by atoms with van der Waals surface area (Å²) in [5.74, 6) is -0.528. The molecule has 0 N–H and O–H groups in total. The van der Waals surface area contributed by atoms with E-state index in [4.69, 9.17) is 7.48 Å². The number of allylic oxidation sites excluding steroid dienone is 3. The fraction of sp³-hybridized carbons (Fsp3) is 0.600. The SMILES string of the molecule is [2H]C([2H])=CC=CC[C@@H](C)C(OC(C)=O)[C@@H](C(C)=O)N(C)C. The topological polar surface area (TPSA) is 46.6 Å². The molecular formula is C15H25NO3. The molecule has 108 valence electrons. The molecule has 4 heteroatoms. The molecule has 0 aromatic rings. The molecule has 0 saturated carbocycles. The van der Waals surface area contributed by atoms with E-state index in [1.807, 2.05) is 6.92 Å². The van der Waals surface area contributed by atoms with Gasteiger partial charge in [0, 0.05) is 6.92 Å². The minimum atomic E-state index is -0.532. The van der Waals surface area contributed by atoms with E-state index in [1.54, 1.807) is 31.1 Å². The number of carbonyl (C=O) groups is 2. The molecule has 0 aromatic carbocycles. The van der Waals surface area contributed by atoms with Crippen molar-refractivity contribution in [1.82, 2.24) is 4.90 Å². The Morgan fingerprint density at radius 1 is 1.42 bits per heavy atom. The molecule has 19 heavy (non-hydrogen) atoms. The third kappa shape index (κ3) is 6.34. The third-order valence-corrected chi connectivity index (χ3v) is 2.89. The lowest BCUT2D eigenvalue weighted by atomic mass is 9.91. The number of rotatable bonds is 8. The molecule has 0 fully saturated rings. The van der Waals surface area contributed by atoms with Gasteiger partial charge in [0.2, 0.25) is 0 Å². The van der Waals surface area contributed by atoms with Crippen molar-refractivity contribution in [2.75, 3.05) is 14.1 Å². The van der Waals surface area contributed by atoms with Gasteiger partial charge in [-0.05, 0) is 33.4 Å². The Bertz CT molecular complexity index is 415. The van der Waals surface area contributed by atoms with Crippen LogP contribution in [0.2, 0.25) is 0 Å². The Balaban J connectivity index is 5.03. The Labute approximate surface area is 118 Å². The van der Waals surface area contributed by atoms with Crippen LogP contribution >= 0.6 is 0 Å². The molecule has 0 aromatic heterocycles. The number of carbonyl (C=O) groups excluding carboxylic acids is 2. The van der Waals surface area contributed by atoms with Crippen molar-refractivity contribution >= 4 is 11.8 Å². The lowest BCUT2D eigenvalue weighted by Gasteiger charge is -2.33. The normalized spacial score (nSPS) is 17.4. The van der Waals surface area contributed by atoms with E-state index < -0.39 is 18.1 Å². The molecule has 0 aliphatic heterocycles. The van der Waals surface area contributed by atoms with Gasteiger partial charge in [0.25, 0.3) is 0 Å². The van der Waals surface area contributed by atoms with Gasteiger partial charge in [-0.2, -0.15) is 0 Å². The van der Waals surface area contributed by atoms with E-state index in [-0.39, 0.29) is 18.2 Å². The Kier molecular flexibility index (Phi) is 6.37. The van der Waals surface area contributed by atoms with Crippen molar-refractivity contribution in [3.8, 4) is 0 Å². The third-order valence-electron chi connectivity index (χ3n) is 2.89. The van der Waals surface area contributed by atoms with Gasteiger partial charge in [-0.1, -0.05) is 31.7 Å². The van der Waals surface area contributed by atoms with Crippen molar-refractivity contribution in [1.29, 1.82) is 0 Å². The largest absolute Gasteiger partial charge is 0.460 e. The van der Waals surface area contributed by atoms with E-state index in [9.17, 15) is 9.59 Å². The lowest BCUT2D eigenvalue weighted by Crippen LogP contribution is -2.49. The number of likely N-dealkylation sites (N-methyl/N-ethyl adjacent to an activating group) is 1. The van der Waals surface area contributed by atoms with Crippen molar-refractivity contribution in [2.45, 2.75) is 39.3 Å². The highest BCUT2D eigenvalue weighted by Crippen LogP contribution is 2.20. The molecule has 1 unspecified atom stereocenters. The van der Waals surface area contributed by atoms with Gasteiger partial charge in [0.15, 0.2) is 5.78 Å². The van der Waals surface area contributed by atoms with E-state index >= 15 is 0 Å². The number of ether oxygens (including phenoxy) is 1. The fourth-order valence-electron chi connectivity index (χ4n) is 2.07. The monoisotopic (exact) mass is 269 g/mol. The standard InChI is InChI=1S/C15H25NO3/c1-7-8-9-10-11(2)15(19-13(4)18)14(12(3)17)16(5)6/h7-9,11,14-15H,1,10H2,2-6H3/t11-,14-,15?/m1/s1/i1D2. The minimum Gasteiger partial charge on any atom is -0.460 e. The van der Waals surface area contributed by atoms with E-state index in [0.29, 0.717) is 6.42 Å². The summed E-state index contributed by atoms with van der Waals surface area (Å²) in [5, 5.41) is 0. The van der Waals surface area contributed by atoms with Crippen LogP contribution in [0.1, 0.15) is 29.9 Å². The molecule has 3 atom stereocenters. The molecule has 0 amide bonds. The zero-order valence-electron chi connectivity index (χ0n) is 14.3. The van der Waals surface area contributed by atoms with Crippen LogP contribution in [-0.4, -0.2) is 42.9 Å². The van der Waals surface area contributed by atoms with Crippen molar-refractivity contribution in [2.24, 2.45) is 5.92 Å². The molecule has 0 aliphatic carbocycles. The molecule has 0 bridgehead atoms. The highest BCUT2D eigenvalue weighted by molar-refractivity contribution is 5.82. The van der Waals surface area contributed by atoms with Crippen LogP contribution < -0.4 is 0 Å². The molecule has 4 nitrogen and oxygen atoms in total. The first-order valence-corrected chi connectivity index (χ1v) is 6.31.